The minimum Gasteiger partial charge on any atom is -0.465 e. The van der Waals surface area contributed by atoms with Gasteiger partial charge in [0, 0.05) is 11.6 Å². The summed E-state index contributed by atoms with van der Waals surface area (Å²) in [4.78, 5) is 4.21. The van der Waals surface area contributed by atoms with Crippen LogP contribution in [0.5, 0.6) is 0 Å². The van der Waals surface area contributed by atoms with E-state index in [0.29, 0.717) is 0 Å². The van der Waals surface area contributed by atoms with Crippen LogP contribution in [0.1, 0.15) is 11.5 Å². The smallest absolute Gasteiger partial charge is 0.203 e. The molecule has 0 saturated carbocycles. The molecule has 2 aromatic heterocycles. The molecule has 5 heteroatoms. The molecule has 16 heavy (non-hydrogen) atoms. The third-order valence-corrected chi connectivity index (χ3v) is 2.61. The molecule has 0 saturated heterocycles. The molecule has 0 aliphatic heterocycles. The van der Waals surface area contributed by atoms with Gasteiger partial charge >= 0.3 is 0 Å². The number of hydrazone groups is 1. The van der Waals surface area contributed by atoms with Gasteiger partial charge in [0.25, 0.3) is 0 Å². The van der Waals surface area contributed by atoms with Gasteiger partial charge in [0.05, 0.1) is 12.0 Å². The van der Waals surface area contributed by atoms with Crippen molar-refractivity contribution < 1.29 is 4.42 Å². The van der Waals surface area contributed by atoms with Crippen molar-refractivity contribution >= 4 is 28.8 Å². The number of furan rings is 1. The highest BCUT2D eigenvalue weighted by Crippen LogP contribution is 2.13. The van der Waals surface area contributed by atoms with Gasteiger partial charge in [0.15, 0.2) is 0 Å². The van der Waals surface area contributed by atoms with Gasteiger partial charge in [-0.15, -0.1) is 11.3 Å². The van der Waals surface area contributed by atoms with Gasteiger partial charge in [-0.3, -0.25) is 5.43 Å². The molecule has 0 spiro atoms. The van der Waals surface area contributed by atoms with Crippen LogP contribution in [-0.4, -0.2) is 11.2 Å². The molecule has 82 valence electrons. The highest BCUT2D eigenvalue weighted by Gasteiger charge is 1.93. The van der Waals surface area contributed by atoms with Gasteiger partial charge in [-0.2, -0.15) is 5.10 Å². The maximum absolute atomic E-state index is 5.12. The average Bonchev–Trinajstić information content (AvgIpc) is 2.89. The summed E-state index contributed by atoms with van der Waals surface area (Å²) < 4.78 is 5.12. The number of hydrogen-bond donors (Lipinski definition) is 1. The predicted molar refractivity (Wildman–Crippen MR) is 66.7 cm³/mol. The summed E-state index contributed by atoms with van der Waals surface area (Å²) in [7, 11) is 0. The summed E-state index contributed by atoms with van der Waals surface area (Å²) >= 11 is 1.53. The maximum atomic E-state index is 5.12. The fourth-order valence-corrected chi connectivity index (χ4v) is 1.70. The van der Waals surface area contributed by atoms with Crippen molar-refractivity contribution in [3.05, 3.63) is 41.3 Å². The Balaban J connectivity index is 1.82. The van der Waals surface area contributed by atoms with Crippen molar-refractivity contribution in [3.63, 3.8) is 0 Å². The van der Waals surface area contributed by atoms with E-state index in [-0.39, 0.29) is 0 Å². The molecule has 0 amide bonds. The molecule has 0 aliphatic carbocycles. The largest absolute Gasteiger partial charge is 0.465 e. The molecule has 0 fully saturated rings. The standard InChI is InChI=1S/C11H11N3OS/c1-9-8-16-11(13-9)14-12-6-2-4-10-5-3-7-15-10/h2-8H,1H3,(H,13,14). The van der Waals surface area contributed by atoms with Crippen molar-refractivity contribution in [2.75, 3.05) is 5.43 Å². The van der Waals surface area contributed by atoms with E-state index in [1.807, 2.05) is 30.5 Å². The second-order valence-corrected chi connectivity index (χ2v) is 3.92. The van der Waals surface area contributed by atoms with Crippen LogP contribution in [0.2, 0.25) is 0 Å². The molecule has 2 aromatic rings. The number of anilines is 1. The Bertz CT molecular complexity index is 485. The van der Waals surface area contributed by atoms with Crippen LogP contribution in [0.25, 0.3) is 6.08 Å². The Labute approximate surface area is 97.3 Å². The van der Waals surface area contributed by atoms with E-state index >= 15 is 0 Å². The molecule has 4 nitrogen and oxygen atoms in total. The summed E-state index contributed by atoms with van der Waals surface area (Å²) in [6.07, 6.45) is 6.91. The Hall–Kier alpha value is -1.88. The fourth-order valence-electron chi connectivity index (χ4n) is 1.06. The third kappa shape index (κ3) is 3.06. The molecule has 2 rings (SSSR count). The van der Waals surface area contributed by atoms with Crippen molar-refractivity contribution in [3.8, 4) is 0 Å². The second-order valence-electron chi connectivity index (χ2n) is 3.06. The van der Waals surface area contributed by atoms with Crippen LogP contribution in [0.15, 0.2) is 39.4 Å². The monoisotopic (exact) mass is 233 g/mol. The van der Waals surface area contributed by atoms with Crippen LogP contribution in [0.4, 0.5) is 5.13 Å². The molecular weight excluding hydrogens is 222 g/mol. The first-order valence-corrected chi connectivity index (χ1v) is 5.64. The summed E-state index contributed by atoms with van der Waals surface area (Å²) in [6.45, 7) is 1.95. The average molecular weight is 233 g/mol. The lowest BCUT2D eigenvalue weighted by molar-refractivity contribution is 0.557. The molecule has 0 radical (unpaired) electrons. The van der Waals surface area contributed by atoms with Crippen LogP contribution in [-0.2, 0) is 0 Å². The molecule has 0 unspecified atom stereocenters. The van der Waals surface area contributed by atoms with Gasteiger partial charge < -0.3 is 4.42 Å². The zero-order valence-electron chi connectivity index (χ0n) is 8.75. The van der Waals surface area contributed by atoms with Crippen LogP contribution < -0.4 is 5.43 Å². The lowest BCUT2D eigenvalue weighted by Gasteiger charge is -1.89. The summed E-state index contributed by atoms with van der Waals surface area (Å²) in [5.74, 6) is 0.802. The normalized spacial score (nSPS) is 11.6. The minimum atomic E-state index is 0.792. The molecule has 2 heterocycles. The quantitative estimate of drug-likeness (QED) is 0.652. The molecular formula is C11H11N3OS. The molecule has 0 aliphatic rings. The first-order valence-electron chi connectivity index (χ1n) is 4.76. The maximum Gasteiger partial charge on any atom is 0.203 e. The van der Waals surface area contributed by atoms with Crippen molar-refractivity contribution in [2.24, 2.45) is 5.10 Å². The lowest BCUT2D eigenvalue weighted by atomic mass is 10.4. The first-order chi connectivity index (χ1) is 7.84. The number of allylic oxidation sites excluding steroid dienone is 1. The van der Waals surface area contributed by atoms with E-state index in [1.54, 1.807) is 18.6 Å². The third-order valence-electron chi connectivity index (χ3n) is 1.74. The Morgan fingerprint density at radius 2 is 2.50 bits per heavy atom. The number of hydrogen-bond acceptors (Lipinski definition) is 5. The van der Waals surface area contributed by atoms with Crippen LogP contribution in [0, 0.1) is 6.92 Å². The zero-order chi connectivity index (χ0) is 11.2. The number of rotatable bonds is 4. The van der Waals surface area contributed by atoms with E-state index in [0.717, 1.165) is 16.6 Å². The SMILES string of the molecule is Cc1csc(NN=CC=Cc2ccco2)n1. The van der Waals surface area contributed by atoms with Gasteiger partial charge in [-0.1, -0.05) is 0 Å². The summed E-state index contributed by atoms with van der Waals surface area (Å²) in [5, 5.41) is 6.76. The zero-order valence-corrected chi connectivity index (χ0v) is 9.57. The number of aromatic nitrogens is 1. The van der Waals surface area contributed by atoms with Crippen molar-refractivity contribution in [1.29, 1.82) is 0 Å². The summed E-state index contributed by atoms with van der Waals surface area (Å²) in [5.41, 5.74) is 3.83. The molecule has 0 aromatic carbocycles. The van der Waals surface area contributed by atoms with Crippen LogP contribution in [0.3, 0.4) is 0 Å². The van der Waals surface area contributed by atoms with Crippen molar-refractivity contribution in [2.45, 2.75) is 6.92 Å². The number of thiazole rings is 1. The highest BCUT2D eigenvalue weighted by atomic mass is 32.1. The van der Waals surface area contributed by atoms with E-state index in [9.17, 15) is 0 Å². The minimum absolute atomic E-state index is 0.792. The number of nitrogens with zero attached hydrogens (tertiary/aromatic N) is 2. The number of nitrogens with one attached hydrogen (secondary N) is 1. The van der Waals surface area contributed by atoms with E-state index in [1.165, 1.54) is 11.3 Å². The Kier molecular flexibility index (Phi) is 3.50. The van der Waals surface area contributed by atoms with Gasteiger partial charge in [-0.25, -0.2) is 4.98 Å². The number of aryl methyl sites for hydroxylation is 1. The molecule has 1 N–H and O–H groups in total. The van der Waals surface area contributed by atoms with Gasteiger partial charge in [0.1, 0.15) is 5.76 Å². The lowest BCUT2D eigenvalue weighted by Crippen LogP contribution is -1.86. The fraction of sp³-hybridized carbons (Fsp3) is 0.0909. The molecule has 0 bridgehead atoms. The second kappa shape index (κ2) is 5.27. The van der Waals surface area contributed by atoms with E-state index in [4.69, 9.17) is 4.42 Å². The highest BCUT2D eigenvalue weighted by molar-refractivity contribution is 7.13. The summed E-state index contributed by atoms with van der Waals surface area (Å²) in [6, 6.07) is 3.72. The topological polar surface area (TPSA) is 50.4 Å². The Morgan fingerprint density at radius 1 is 1.56 bits per heavy atom. The van der Waals surface area contributed by atoms with Gasteiger partial charge in [-0.05, 0) is 31.2 Å². The Morgan fingerprint density at radius 3 is 3.19 bits per heavy atom. The van der Waals surface area contributed by atoms with Crippen LogP contribution >= 0.6 is 11.3 Å². The molecule has 0 atom stereocenters. The van der Waals surface area contributed by atoms with E-state index < -0.39 is 0 Å². The van der Waals surface area contributed by atoms with Crippen molar-refractivity contribution in [1.82, 2.24) is 4.98 Å². The van der Waals surface area contributed by atoms with E-state index in [2.05, 4.69) is 15.5 Å². The first kappa shape index (κ1) is 10.6. The predicted octanol–water partition coefficient (Wildman–Crippen LogP) is 3.16. The van der Waals surface area contributed by atoms with Gasteiger partial charge in [0.2, 0.25) is 5.13 Å².